The molecule has 0 saturated heterocycles. The smallest absolute Gasteiger partial charge is 0.171 e. The summed E-state index contributed by atoms with van der Waals surface area (Å²) in [6.45, 7) is 7.77. The Kier molecular flexibility index (Phi) is 6.48. The van der Waals surface area contributed by atoms with Gasteiger partial charge in [-0.1, -0.05) is 11.6 Å². The fourth-order valence-electron chi connectivity index (χ4n) is 1.80. The van der Waals surface area contributed by atoms with E-state index in [1.807, 2.05) is 13.8 Å². The minimum absolute atomic E-state index is 0.147. The summed E-state index contributed by atoms with van der Waals surface area (Å²) < 4.78 is 10.3. The van der Waals surface area contributed by atoms with Gasteiger partial charge in [0.15, 0.2) is 11.0 Å². The van der Waals surface area contributed by atoms with E-state index in [-0.39, 0.29) is 6.04 Å². The van der Waals surface area contributed by atoms with Crippen LogP contribution in [0.4, 0.5) is 5.82 Å². The molecule has 0 saturated carbocycles. The van der Waals surface area contributed by atoms with Crippen LogP contribution in [0.15, 0.2) is 0 Å². The molecule has 1 rings (SSSR count). The van der Waals surface area contributed by atoms with Crippen LogP contribution in [0, 0.1) is 13.8 Å². The predicted molar refractivity (Wildman–Crippen MR) is 77.1 cm³/mol. The van der Waals surface area contributed by atoms with E-state index in [9.17, 15) is 0 Å². The Hall–Kier alpha value is -0.910. The Balaban J connectivity index is 3.05. The number of aromatic nitrogens is 2. The maximum Gasteiger partial charge on any atom is 0.171 e. The number of nitrogens with zero attached hydrogens (tertiary/aromatic N) is 3. The Labute approximate surface area is 119 Å². The van der Waals surface area contributed by atoms with E-state index >= 15 is 0 Å². The summed E-state index contributed by atoms with van der Waals surface area (Å²) >= 11 is 6.22. The SMILES string of the molecule is COCCN(c1nc(C)c(C)nc1Cl)C(C)COC. The van der Waals surface area contributed by atoms with E-state index in [4.69, 9.17) is 21.1 Å². The highest BCUT2D eigenvalue weighted by molar-refractivity contribution is 6.31. The lowest BCUT2D eigenvalue weighted by Gasteiger charge is -2.30. The molecule has 1 aromatic heterocycles. The van der Waals surface area contributed by atoms with Crippen LogP contribution in [0.25, 0.3) is 0 Å². The molecule has 108 valence electrons. The lowest BCUT2D eigenvalue weighted by Crippen LogP contribution is -2.39. The maximum atomic E-state index is 6.22. The van der Waals surface area contributed by atoms with Crippen molar-refractivity contribution in [1.82, 2.24) is 9.97 Å². The third-order valence-corrected chi connectivity index (χ3v) is 3.25. The summed E-state index contributed by atoms with van der Waals surface area (Å²) in [5.41, 5.74) is 1.73. The third-order valence-electron chi connectivity index (χ3n) is 3.00. The maximum absolute atomic E-state index is 6.22. The second-order valence-corrected chi connectivity index (χ2v) is 4.86. The molecule has 1 atom stereocenters. The van der Waals surface area contributed by atoms with Gasteiger partial charge in [-0.15, -0.1) is 0 Å². The van der Waals surface area contributed by atoms with E-state index in [0.29, 0.717) is 30.7 Å². The van der Waals surface area contributed by atoms with Crippen LogP contribution >= 0.6 is 11.6 Å². The Morgan fingerprint density at radius 2 is 1.79 bits per heavy atom. The topological polar surface area (TPSA) is 47.5 Å². The highest BCUT2D eigenvalue weighted by atomic mass is 35.5. The van der Waals surface area contributed by atoms with E-state index < -0.39 is 0 Å². The van der Waals surface area contributed by atoms with Gasteiger partial charge in [0, 0.05) is 20.8 Å². The zero-order chi connectivity index (χ0) is 14.4. The molecule has 19 heavy (non-hydrogen) atoms. The number of halogens is 1. The first-order chi connectivity index (χ1) is 9.01. The lowest BCUT2D eigenvalue weighted by molar-refractivity contribution is 0.170. The fourth-order valence-corrected chi connectivity index (χ4v) is 2.08. The molecule has 0 aromatic carbocycles. The molecule has 0 N–H and O–H groups in total. The first-order valence-electron chi connectivity index (χ1n) is 6.26. The summed E-state index contributed by atoms with van der Waals surface area (Å²) in [6.07, 6.45) is 0. The van der Waals surface area contributed by atoms with Crippen LogP contribution in [0.2, 0.25) is 5.15 Å². The van der Waals surface area contributed by atoms with Crippen LogP contribution in [0.5, 0.6) is 0 Å². The summed E-state index contributed by atoms with van der Waals surface area (Å²) in [7, 11) is 3.35. The van der Waals surface area contributed by atoms with Crippen LogP contribution in [-0.2, 0) is 9.47 Å². The first-order valence-corrected chi connectivity index (χ1v) is 6.64. The van der Waals surface area contributed by atoms with Gasteiger partial charge < -0.3 is 14.4 Å². The third kappa shape index (κ3) is 4.30. The van der Waals surface area contributed by atoms with Gasteiger partial charge in [-0.25, -0.2) is 9.97 Å². The number of anilines is 1. The second kappa shape index (κ2) is 7.62. The zero-order valence-corrected chi connectivity index (χ0v) is 13.0. The molecule has 0 fully saturated rings. The van der Waals surface area contributed by atoms with E-state index in [1.54, 1.807) is 14.2 Å². The molecule has 0 aliphatic rings. The van der Waals surface area contributed by atoms with Gasteiger partial charge >= 0.3 is 0 Å². The van der Waals surface area contributed by atoms with Crippen LogP contribution in [0.3, 0.4) is 0 Å². The van der Waals surface area contributed by atoms with Crippen molar-refractivity contribution < 1.29 is 9.47 Å². The van der Waals surface area contributed by atoms with Crippen molar-refractivity contribution in [2.75, 3.05) is 38.9 Å². The molecule has 0 radical (unpaired) electrons. The van der Waals surface area contributed by atoms with Gasteiger partial charge in [-0.05, 0) is 20.8 Å². The largest absolute Gasteiger partial charge is 0.383 e. The fraction of sp³-hybridized carbons (Fsp3) is 0.692. The summed E-state index contributed by atoms with van der Waals surface area (Å²) in [5.74, 6) is 0.686. The number of hydrogen-bond donors (Lipinski definition) is 0. The number of hydrogen-bond acceptors (Lipinski definition) is 5. The Morgan fingerprint density at radius 1 is 1.16 bits per heavy atom. The number of ether oxygens (including phenoxy) is 2. The average molecular weight is 288 g/mol. The Morgan fingerprint density at radius 3 is 2.37 bits per heavy atom. The molecule has 6 heteroatoms. The van der Waals surface area contributed by atoms with Gasteiger partial charge in [0.1, 0.15) is 0 Å². The predicted octanol–water partition coefficient (Wildman–Crippen LogP) is 2.23. The summed E-state index contributed by atoms with van der Waals surface area (Å²) in [6, 6.07) is 0.147. The number of rotatable bonds is 7. The molecule has 0 spiro atoms. The van der Waals surface area contributed by atoms with Crippen LogP contribution < -0.4 is 4.90 Å². The van der Waals surface area contributed by atoms with Gasteiger partial charge in [0.25, 0.3) is 0 Å². The molecule has 0 aliphatic heterocycles. The molecule has 1 heterocycles. The van der Waals surface area contributed by atoms with Crippen molar-refractivity contribution in [2.45, 2.75) is 26.8 Å². The van der Waals surface area contributed by atoms with Gasteiger partial charge in [-0.2, -0.15) is 0 Å². The van der Waals surface area contributed by atoms with E-state index in [1.165, 1.54) is 0 Å². The highest BCUT2D eigenvalue weighted by Gasteiger charge is 2.20. The number of aryl methyl sites for hydroxylation is 2. The monoisotopic (exact) mass is 287 g/mol. The van der Waals surface area contributed by atoms with Crippen LogP contribution in [0.1, 0.15) is 18.3 Å². The standard InChI is InChI=1S/C13H22ClN3O2/c1-9(8-19-5)17(6-7-18-4)13-12(14)15-10(2)11(3)16-13/h9H,6-8H2,1-5H3. The zero-order valence-electron chi connectivity index (χ0n) is 12.2. The van der Waals surface area contributed by atoms with Crippen molar-refractivity contribution in [2.24, 2.45) is 0 Å². The molecular formula is C13H22ClN3O2. The van der Waals surface area contributed by atoms with E-state index in [2.05, 4.69) is 21.8 Å². The molecule has 1 unspecified atom stereocenters. The molecule has 5 nitrogen and oxygen atoms in total. The minimum atomic E-state index is 0.147. The quantitative estimate of drug-likeness (QED) is 0.770. The summed E-state index contributed by atoms with van der Waals surface area (Å²) in [5, 5.41) is 0.419. The van der Waals surface area contributed by atoms with Crippen molar-refractivity contribution in [3.63, 3.8) is 0 Å². The molecule has 0 aliphatic carbocycles. The van der Waals surface area contributed by atoms with Gasteiger partial charge in [0.05, 0.1) is 30.6 Å². The lowest BCUT2D eigenvalue weighted by atomic mass is 10.3. The number of methoxy groups -OCH3 is 2. The van der Waals surface area contributed by atoms with Gasteiger partial charge in [0.2, 0.25) is 0 Å². The second-order valence-electron chi connectivity index (χ2n) is 4.50. The van der Waals surface area contributed by atoms with Crippen molar-refractivity contribution in [1.29, 1.82) is 0 Å². The average Bonchev–Trinajstić information content (AvgIpc) is 2.36. The minimum Gasteiger partial charge on any atom is -0.383 e. The molecule has 0 bridgehead atoms. The molecular weight excluding hydrogens is 266 g/mol. The van der Waals surface area contributed by atoms with Crippen molar-refractivity contribution in [3.8, 4) is 0 Å². The Bertz CT molecular complexity index is 415. The van der Waals surface area contributed by atoms with Crippen molar-refractivity contribution >= 4 is 17.4 Å². The highest BCUT2D eigenvalue weighted by Crippen LogP contribution is 2.24. The molecule has 0 amide bonds. The van der Waals surface area contributed by atoms with Crippen LogP contribution in [-0.4, -0.2) is 50.0 Å². The van der Waals surface area contributed by atoms with Gasteiger partial charge in [-0.3, -0.25) is 0 Å². The molecule has 1 aromatic rings. The normalized spacial score (nSPS) is 12.5. The summed E-state index contributed by atoms with van der Waals surface area (Å²) in [4.78, 5) is 10.9. The van der Waals surface area contributed by atoms with Crippen molar-refractivity contribution in [3.05, 3.63) is 16.5 Å². The first kappa shape index (κ1) is 16.1. The van der Waals surface area contributed by atoms with E-state index in [0.717, 1.165) is 11.4 Å².